The third-order valence-corrected chi connectivity index (χ3v) is 16.8. The maximum Gasteiger partial charge on any atom is 0.407 e. The third-order valence-electron chi connectivity index (χ3n) is 16.8. The molecule has 0 saturated carbocycles. The molecule has 2 bridgehead atoms. The van der Waals surface area contributed by atoms with Crippen molar-refractivity contribution in [1.82, 2.24) is 20.0 Å². The first-order valence-electron chi connectivity index (χ1n) is 31.5. The largest absolute Gasteiger partial charge is 0.444 e. The summed E-state index contributed by atoms with van der Waals surface area (Å²) >= 11 is 0. The number of benzene rings is 3. The van der Waals surface area contributed by atoms with Crippen LogP contribution in [0.5, 0.6) is 0 Å². The fourth-order valence-electron chi connectivity index (χ4n) is 12.3. The number of likely N-dealkylation sites (N-methyl/N-ethyl adjacent to an activating group) is 3. The van der Waals surface area contributed by atoms with Crippen molar-refractivity contribution in [3.63, 3.8) is 0 Å². The minimum Gasteiger partial charge on any atom is -0.444 e. The Morgan fingerprint density at radius 2 is 1.08 bits per heavy atom. The number of rotatable bonds is 36. The van der Waals surface area contributed by atoms with Crippen LogP contribution in [0.25, 0.3) is 10.4 Å². The fraction of sp³-hybridized carbons (Fsp3) is 0.636. The number of ether oxygens (including phenoxy) is 2. The lowest BCUT2D eigenvalue weighted by Gasteiger charge is -2.51. The van der Waals surface area contributed by atoms with Gasteiger partial charge in [0.2, 0.25) is 29.5 Å². The molecule has 1 saturated heterocycles. The summed E-state index contributed by atoms with van der Waals surface area (Å²) in [6, 6.07) is 17.9. The van der Waals surface area contributed by atoms with Gasteiger partial charge in [-0.25, -0.2) is 4.79 Å². The Kier molecular flexibility index (Phi) is 26.4. The van der Waals surface area contributed by atoms with Gasteiger partial charge in [-0.1, -0.05) is 121 Å². The van der Waals surface area contributed by atoms with Gasteiger partial charge in [-0.3, -0.25) is 28.9 Å². The lowest BCUT2D eigenvalue weighted by Crippen LogP contribution is -2.44. The highest BCUT2D eigenvalue weighted by atomic mass is 16.6. The van der Waals surface area contributed by atoms with Gasteiger partial charge in [-0.2, -0.15) is 0 Å². The van der Waals surface area contributed by atoms with E-state index in [1.54, 1.807) is 23.9 Å². The molecule has 18 nitrogen and oxygen atoms in total. The normalized spacial score (nSPS) is 17.5. The van der Waals surface area contributed by atoms with E-state index in [1.165, 1.54) is 25.7 Å². The van der Waals surface area contributed by atoms with Gasteiger partial charge in [-0.15, -0.1) is 0 Å². The van der Waals surface area contributed by atoms with E-state index in [-0.39, 0.29) is 67.2 Å². The molecular weight excluding hydrogens is 1060 g/mol. The second-order valence-corrected chi connectivity index (χ2v) is 24.6. The predicted octanol–water partition coefficient (Wildman–Crippen LogP) is 13.1. The maximum atomic E-state index is 14.6. The Hall–Kier alpha value is -6.49. The molecule has 3 aromatic rings. The number of likely N-dealkylation sites (tertiary alicyclic amines) is 1. The average Bonchev–Trinajstić information content (AvgIpc) is 0.775. The molecule has 0 spiro atoms. The van der Waals surface area contributed by atoms with Crippen LogP contribution in [-0.4, -0.2) is 129 Å². The van der Waals surface area contributed by atoms with Crippen molar-refractivity contribution in [2.45, 2.75) is 211 Å². The molecule has 460 valence electrons. The second-order valence-electron chi connectivity index (χ2n) is 24.6. The average molecular weight is 1160 g/mol. The van der Waals surface area contributed by atoms with Gasteiger partial charge in [0.05, 0.1) is 25.3 Å². The number of azide groups is 1. The van der Waals surface area contributed by atoms with Crippen LogP contribution in [0.2, 0.25) is 0 Å². The lowest BCUT2D eigenvalue weighted by molar-refractivity contribution is -0.135. The first-order valence-corrected chi connectivity index (χ1v) is 31.5. The van der Waals surface area contributed by atoms with E-state index < -0.39 is 17.1 Å². The van der Waals surface area contributed by atoms with Crippen molar-refractivity contribution in [2.75, 3.05) is 76.5 Å². The van der Waals surface area contributed by atoms with Crippen LogP contribution in [0.4, 0.5) is 21.9 Å². The van der Waals surface area contributed by atoms with Gasteiger partial charge in [-0.05, 0) is 142 Å². The molecular formula is C66H98N10O8. The SMILES string of the molecule is CCCCCCCCC(=O)Nc1ccc2c(c1)C1(CCC(=O)N(C)CCOCCN(C)C(=O)C3CC(N=[N+]=[N-])CN3C)c3cc(NC(=O)CCCCCCCC)ccc3C2c2ccc(NC(=O)CCCCCCCNC(=O)OC(C)(C)C)cc21. The van der Waals surface area contributed by atoms with E-state index in [0.29, 0.717) is 81.8 Å². The van der Waals surface area contributed by atoms with Crippen LogP contribution in [0, 0.1) is 0 Å². The van der Waals surface area contributed by atoms with Gasteiger partial charge >= 0.3 is 6.09 Å². The molecule has 4 N–H and O–H groups in total. The topological polar surface area (TPSA) is 227 Å². The van der Waals surface area contributed by atoms with E-state index in [9.17, 15) is 28.8 Å². The number of unbranched alkanes of at least 4 members (excludes halogenated alkanes) is 14. The Labute approximate surface area is 500 Å². The summed E-state index contributed by atoms with van der Waals surface area (Å²) < 4.78 is 11.4. The standard InChI is InChI=1S/C66H98N10O8/c1-9-11-13-15-18-22-26-58(77)69-47-29-32-51-54(42-47)66(36-35-61(80)74(6)38-40-83-41-39-75(7)63(81)57-45-50(72-73-67)46-76(57)8)55-43-48(70-59(78)27-23-19-16-14-12-10-2)30-33-52(55)62(51)53-34-31-49(44-56(53)66)71-60(79)28-24-20-17-21-25-37-68-64(82)84-65(3,4)5/h29-34,42-44,50,57,62H,9-28,35-41,45-46H2,1-8H3,(H,68,82)(H,69,77)(H,70,78)(H,71,79). The van der Waals surface area contributed by atoms with Gasteiger partial charge in [0, 0.05) is 99.3 Å². The Morgan fingerprint density at radius 3 is 1.54 bits per heavy atom. The van der Waals surface area contributed by atoms with Crippen molar-refractivity contribution in [1.29, 1.82) is 0 Å². The summed E-state index contributed by atoms with van der Waals surface area (Å²) in [7, 11) is 5.37. The molecule has 1 aliphatic heterocycles. The molecule has 2 unspecified atom stereocenters. The van der Waals surface area contributed by atoms with Gasteiger partial charge in [0.15, 0.2) is 0 Å². The van der Waals surface area contributed by atoms with Crippen LogP contribution < -0.4 is 21.3 Å². The van der Waals surface area contributed by atoms with E-state index in [1.807, 2.05) is 50.9 Å². The number of amides is 6. The number of hydrogen-bond acceptors (Lipinski definition) is 10. The molecule has 1 fully saturated rings. The zero-order valence-electron chi connectivity index (χ0n) is 51.9. The van der Waals surface area contributed by atoms with Crippen molar-refractivity contribution < 1.29 is 38.2 Å². The smallest absolute Gasteiger partial charge is 0.407 e. The fourth-order valence-corrected chi connectivity index (χ4v) is 12.3. The molecule has 0 radical (unpaired) electrons. The van der Waals surface area contributed by atoms with E-state index in [4.69, 9.17) is 15.0 Å². The van der Waals surface area contributed by atoms with Crippen molar-refractivity contribution >= 4 is 52.7 Å². The second kappa shape index (κ2) is 33.3. The zero-order chi connectivity index (χ0) is 60.7. The monoisotopic (exact) mass is 1160 g/mol. The minimum atomic E-state index is -0.952. The summed E-state index contributed by atoms with van der Waals surface area (Å²) in [5.41, 5.74) is 15.5. The number of carbonyl (C=O) groups is 6. The van der Waals surface area contributed by atoms with Crippen molar-refractivity contribution in [2.24, 2.45) is 5.11 Å². The molecule has 4 aliphatic rings. The minimum absolute atomic E-state index is 0.0455. The lowest BCUT2D eigenvalue weighted by atomic mass is 9.51. The van der Waals surface area contributed by atoms with E-state index in [0.717, 1.165) is 110 Å². The summed E-state index contributed by atoms with van der Waals surface area (Å²) in [4.78, 5) is 89.1. The highest BCUT2D eigenvalue weighted by Crippen LogP contribution is 2.62. The first kappa shape index (κ1) is 66.6. The highest BCUT2D eigenvalue weighted by Gasteiger charge is 2.52. The number of alkyl carbamates (subject to hydrolysis) is 1. The predicted molar refractivity (Wildman–Crippen MR) is 333 cm³/mol. The molecule has 3 aromatic carbocycles. The van der Waals surface area contributed by atoms with Crippen LogP contribution in [0.3, 0.4) is 0 Å². The quantitative estimate of drug-likeness (QED) is 0.0188. The molecule has 3 aliphatic carbocycles. The summed E-state index contributed by atoms with van der Waals surface area (Å²) in [5, 5.41) is 16.3. The molecule has 0 aromatic heterocycles. The molecule has 1 heterocycles. The van der Waals surface area contributed by atoms with Crippen LogP contribution in [0.1, 0.15) is 222 Å². The number of carbonyl (C=O) groups excluding carboxylic acids is 6. The number of hydrogen-bond donors (Lipinski definition) is 4. The molecule has 18 heteroatoms. The first-order chi connectivity index (χ1) is 40.4. The molecule has 2 atom stereocenters. The summed E-state index contributed by atoms with van der Waals surface area (Å²) in [5.74, 6) is -0.535. The van der Waals surface area contributed by atoms with Crippen LogP contribution in [-0.2, 0) is 38.9 Å². The number of nitrogens with one attached hydrogen (secondary N) is 4. The van der Waals surface area contributed by atoms with Crippen LogP contribution >= 0.6 is 0 Å². The summed E-state index contributed by atoms with van der Waals surface area (Å²) in [6.07, 6.45) is 18.8. The Morgan fingerprint density at radius 1 is 0.643 bits per heavy atom. The molecule has 84 heavy (non-hydrogen) atoms. The number of anilines is 3. The molecule has 7 rings (SSSR count). The van der Waals surface area contributed by atoms with Crippen molar-refractivity contribution in [3.05, 3.63) is 98.4 Å². The number of nitrogens with zero attached hydrogens (tertiary/aromatic N) is 6. The van der Waals surface area contributed by atoms with Gasteiger partial charge in [0.1, 0.15) is 5.60 Å². The van der Waals surface area contributed by atoms with E-state index in [2.05, 4.69) is 81.5 Å². The highest BCUT2D eigenvalue weighted by molar-refractivity contribution is 5.94. The summed E-state index contributed by atoms with van der Waals surface area (Å²) in [6.45, 7) is 12.2. The van der Waals surface area contributed by atoms with Crippen molar-refractivity contribution in [3.8, 4) is 0 Å². The zero-order valence-corrected chi connectivity index (χ0v) is 51.9. The Balaban J connectivity index is 1.23. The molecule has 6 amide bonds. The third kappa shape index (κ3) is 19.3. The van der Waals surface area contributed by atoms with E-state index >= 15 is 0 Å². The van der Waals surface area contributed by atoms with Crippen LogP contribution in [0.15, 0.2) is 59.7 Å². The van der Waals surface area contributed by atoms with Gasteiger partial charge in [0.25, 0.3) is 0 Å². The Bertz CT molecular complexity index is 2660. The van der Waals surface area contributed by atoms with Gasteiger partial charge < -0.3 is 40.5 Å². The maximum absolute atomic E-state index is 14.6.